The lowest BCUT2D eigenvalue weighted by molar-refractivity contribution is -0.210. The first-order valence-electron chi connectivity index (χ1n) is 10.8. The number of nitriles is 1. The molecule has 0 saturated carbocycles. The number of rotatable bonds is 10. The van der Waals surface area contributed by atoms with Crippen molar-refractivity contribution in [3.63, 3.8) is 0 Å². The number of nitrogens with zero attached hydrogens (tertiary/aromatic N) is 3. The maximum absolute atomic E-state index is 13.4. The van der Waals surface area contributed by atoms with Crippen LogP contribution >= 0.6 is 0 Å². The van der Waals surface area contributed by atoms with Crippen LogP contribution in [0.2, 0.25) is 0 Å². The Labute approximate surface area is 195 Å². The molecule has 0 aromatic carbocycles. The third kappa shape index (κ3) is 6.29. The van der Waals surface area contributed by atoms with E-state index < -0.39 is 51.6 Å². The first-order chi connectivity index (χ1) is 14.9. The van der Waals surface area contributed by atoms with Gasteiger partial charge in [-0.05, 0) is 34.1 Å². The van der Waals surface area contributed by atoms with Gasteiger partial charge in [-0.2, -0.15) is 5.26 Å². The summed E-state index contributed by atoms with van der Waals surface area (Å²) < 4.78 is 0. The summed E-state index contributed by atoms with van der Waals surface area (Å²) >= 11 is 0. The van der Waals surface area contributed by atoms with Crippen molar-refractivity contribution in [2.24, 2.45) is 16.2 Å². The summed E-state index contributed by atoms with van der Waals surface area (Å²) in [6.07, 6.45) is -1.14. The summed E-state index contributed by atoms with van der Waals surface area (Å²) in [7, 11) is 0. The number of aliphatic hydroxyl groups is 1. The van der Waals surface area contributed by atoms with E-state index in [1.165, 1.54) is 27.7 Å². The summed E-state index contributed by atoms with van der Waals surface area (Å²) in [6.45, 7) is 18.3. The van der Waals surface area contributed by atoms with E-state index in [0.717, 1.165) is 0 Å². The van der Waals surface area contributed by atoms with Crippen molar-refractivity contribution in [2.75, 3.05) is 6.54 Å². The van der Waals surface area contributed by atoms with Gasteiger partial charge in [0, 0.05) is 39.7 Å². The first kappa shape index (κ1) is 28.1. The van der Waals surface area contributed by atoms with E-state index in [2.05, 4.69) is 16.2 Å². The molecule has 0 spiro atoms. The molecule has 33 heavy (non-hydrogen) atoms. The fraction of sp³-hybridized carbons (Fsp3) is 0.739. The zero-order valence-electron chi connectivity index (χ0n) is 20.4. The summed E-state index contributed by atoms with van der Waals surface area (Å²) in [5, 5.41) is 22.5. The van der Waals surface area contributed by atoms with Gasteiger partial charge >= 0.3 is 5.97 Å². The van der Waals surface area contributed by atoms with Gasteiger partial charge in [0.05, 0.1) is 28.4 Å². The number of carbonyl (C=O) groups is 4. The van der Waals surface area contributed by atoms with Crippen molar-refractivity contribution in [1.29, 1.82) is 5.26 Å². The summed E-state index contributed by atoms with van der Waals surface area (Å²) in [5.74, 6) is -2.80. The van der Waals surface area contributed by atoms with Gasteiger partial charge in [0.2, 0.25) is 11.4 Å². The van der Waals surface area contributed by atoms with Crippen molar-refractivity contribution in [2.45, 2.75) is 85.8 Å². The largest absolute Gasteiger partial charge is 0.392 e. The third-order valence-corrected chi connectivity index (χ3v) is 6.26. The highest BCUT2D eigenvalue weighted by atomic mass is 16.7. The molecule has 1 saturated heterocycles. The second-order valence-electron chi connectivity index (χ2n) is 10.4. The van der Waals surface area contributed by atoms with Crippen LogP contribution in [0.15, 0.2) is 0 Å². The summed E-state index contributed by atoms with van der Waals surface area (Å²) in [4.78, 5) is 59.3. The number of carbonyl (C=O) groups excluding carboxylic acids is 4. The minimum Gasteiger partial charge on any atom is -0.392 e. The number of amides is 3. The SMILES string of the molecule is [C-]#[N+]C(C)(C)CC(C)(CC(C)(C(=O)ON1C(=O)CCC1=O)C(C)(C)C#N)C(=O)NCC(C)O. The highest BCUT2D eigenvalue weighted by Crippen LogP contribution is 2.50. The van der Waals surface area contributed by atoms with Crippen LogP contribution in [0, 0.1) is 34.1 Å². The molecule has 0 bridgehead atoms. The van der Waals surface area contributed by atoms with Gasteiger partial charge in [-0.25, -0.2) is 11.4 Å². The summed E-state index contributed by atoms with van der Waals surface area (Å²) in [5.41, 5.74) is -5.31. The average Bonchev–Trinajstić information content (AvgIpc) is 3.02. The molecule has 0 aromatic heterocycles. The van der Waals surface area contributed by atoms with Crippen LogP contribution in [0.25, 0.3) is 4.85 Å². The standard InChI is InChI=1S/C23H34N4O6/c1-15(28)11-26-18(31)22(6,12-21(4,5)25-8)13-23(7,20(2,3)14-24)19(32)33-27-16(29)9-10-17(27)30/h15,28H,9-13H2,1-7H3,(H,26,31). The van der Waals surface area contributed by atoms with Gasteiger partial charge < -0.3 is 20.1 Å². The highest BCUT2D eigenvalue weighted by molar-refractivity contribution is 6.02. The van der Waals surface area contributed by atoms with E-state index in [9.17, 15) is 29.5 Å². The quantitative estimate of drug-likeness (QED) is 0.374. The van der Waals surface area contributed by atoms with Crippen LogP contribution in [0.1, 0.15) is 74.1 Å². The Morgan fingerprint density at radius 1 is 1.18 bits per heavy atom. The van der Waals surface area contributed by atoms with Crippen LogP contribution in [-0.4, -0.2) is 52.0 Å². The third-order valence-electron chi connectivity index (χ3n) is 6.26. The number of hydroxylamine groups is 2. The molecule has 1 fully saturated rings. The Hall–Kier alpha value is -2.98. The maximum atomic E-state index is 13.4. The van der Waals surface area contributed by atoms with Gasteiger partial charge in [0.15, 0.2) is 0 Å². The smallest absolute Gasteiger partial charge is 0.340 e. The molecule has 3 unspecified atom stereocenters. The molecule has 10 nitrogen and oxygen atoms in total. The predicted octanol–water partition coefficient (Wildman–Crippen LogP) is 2.13. The van der Waals surface area contributed by atoms with E-state index in [1.54, 1.807) is 20.8 Å². The second kappa shape index (κ2) is 9.88. The van der Waals surface area contributed by atoms with Crippen LogP contribution < -0.4 is 5.32 Å². The van der Waals surface area contributed by atoms with E-state index in [-0.39, 0.29) is 32.2 Å². The maximum Gasteiger partial charge on any atom is 0.340 e. The van der Waals surface area contributed by atoms with E-state index in [0.29, 0.717) is 5.06 Å². The van der Waals surface area contributed by atoms with Gasteiger partial charge in [-0.3, -0.25) is 14.4 Å². The zero-order chi connectivity index (χ0) is 25.8. The van der Waals surface area contributed by atoms with Crippen molar-refractivity contribution >= 4 is 23.7 Å². The molecular weight excluding hydrogens is 428 g/mol. The van der Waals surface area contributed by atoms with Crippen LogP contribution in [-0.2, 0) is 24.0 Å². The van der Waals surface area contributed by atoms with Crippen molar-refractivity contribution < 1.29 is 29.1 Å². The molecule has 1 rings (SSSR count). The number of hydrogen-bond acceptors (Lipinski definition) is 7. The topological polar surface area (TPSA) is 141 Å². The number of hydrogen-bond donors (Lipinski definition) is 2. The van der Waals surface area contributed by atoms with Gasteiger partial charge in [0.1, 0.15) is 0 Å². The van der Waals surface area contributed by atoms with Crippen LogP contribution in [0.3, 0.4) is 0 Å². The minimum atomic E-state index is -1.64. The van der Waals surface area contributed by atoms with Crippen molar-refractivity contribution in [3.8, 4) is 6.07 Å². The second-order valence-corrected chi connectivity index (χ2v) is 10.4. The van der Waals surface area contributed by atoms with Gasteiger partial charge in [0.25, 0.3) is 11.8 Å². The minimum absolute atomic E-state index is 0.0353. The molecule has 1 heterocycles. The molecule has 182 valence electrons. The monoisotopic (exact) mass is 462 g/mol. The Morgan fingerprint density at radius 3 is 2.12 bits per heavy atom. The fourth-order valence-electron chi connectivity index (χ4n) is 3.96. The molecular formula is C23H34N4O6. The lowest BCUT2D eigenvalue weighted by Crippen LogP contribution is -2.53. The van der Waals surface area contributed by atoms with E-state index in [4.69, 9.17) is 11.4 Å². The first-order valence-corrected chi connectivity index (χ1v) is 10.8. The molecule has 2 N–H and O–H groups in total. The van der Waals surface area contributed by atoms with Crippen molar-refractivity contribution in [1.82, 2.24) is 10.4 Å². The average molecular weight is 463 g/mol. The van der Waals surface area contributed by atoms with Gasteiger partial charge in [-0.1, -0.05) is 6.92 Å². The Kier molecular flexibility index (Phi) is 8.40. The molecule has 1 aliphatic heterocycles. The molecule has 3 amide bonds. The molecule has 3 atom stereocenters. The normalized spacial score (nSPS) is 19.0. The lowest BCUT2D eigenvalue weighted by Gasteiger charge is -2.43. The summed E-state index contributed by atoms with van der Waals surface area (Å²) in [6, 6.07) is 2.08. The lowest BCUT2D eigenvalue weighted by atomic mass is 9.58. The predicted molar refractivity (Wildman–Crippen MR) is 117 cm³/mol. The number of imide groups is 1. The fourth-order valence-corrected chi connectivity index (χ4v) is 3.96. The molecule has 10 heteroatoms. The number of nitrogens with one attached hydrogen (secondary N) is 1. The Morgan fingerprint density at radius 2 is 1.70 bits per heavy atom. The van der Waals surface area contributed by atoms with Crippen molar-refractivity contribution in [3.05, 3.63) is 11.4 Å². The van der Waals surface area contributed by atoms with E-state index in [1.807, 2.05) is 0 Å². The Balaban J connectivity index is 3.47. The highest BCUT2D eigenvalue weighted by Gasteiger charge is 2.57. The van der Waals surface area contributed by atoms with E-state index >= 15 is 0 Å². The van der Waals surface area contributed by atoms with Gasteiger partial charge in [-0.15, -0.1) is 5.06 Å². The Bertz CT molecular complexity index is 882. The molecule has 0 radical (unpaired) electrons. The van der Waals surface area contributed by atoms with Crippen LogP contribution in [0.4, 0.5) is 0 Å². The molecule has 0 aromatic rings. The zero-order valence-corrected chi connectivity index (χ0v) is 20.4. The van der Waals surface area contributed by atoms with Crippen LogP contribution in [0.5, 0.6) is 0 Å². The number of aliphatic hydroxyl groups excluding tert-OH is 1. The molecule has 1 aliphatic rings. The molecule has 0 aliphatic carbocycles.